The van der Waals surface area contributed by atoms with Gasteiger partial charge in [-0.2, -0.15) is 0 Å². The summed E-state index contributed by atoms with van der Waals surface area (Å²) in [5.74, 6) is 10.4. The molecule has 0 saturated heterocycles. The van der Waals surface area contributed by atoms with Crippen molar-refractivity contribution >= 4 is 46.4 Å². The zero-order chi connectivity index (χ0) is 58.0. The van der Waals surface area contributed by atoms with Crippen molar-refractivity contribution in [2.45, 2.75) is 249 Å². The van der Waals surface area contributed by atoms with E-state index in [4.69, 9.17) is 25.0 Å². The smallest absolute Gasteiger partial charge is 0.657 e. The van der Waals surface area contributed by atoms with Crippen molar-refractivity contribution in [2.24, 2.45) is 0 Å². The van der Waals surface area contributed by atoms with Crippen molar-refractivity contribution in [3.8, 4) is 44.5 Å². The minimum Gasteiger partial charge on any atom is -0.657 e. The summed E-state index contributed by atoms with van der Waals surface area (Å²) in [6.07, 6.45) is 41.8. The molecule has 0 amide bonds. The number of benzene rings is 4. The van der Waals surface area contributed by atoms with Crippen molar-refractivity contribution in [1.82, 2.24) is 19.9 Å². The average molecular weight is 1290 g/mol. The number of hydrogen-bond acceptors (Lipinski definition) is 3. The van der Waals surface area contributed by atoms with Gasteiger partial charge in [0.25, 0.3) is 0 Å². The van der Waals surface area contributed by atoms with Crippen LogP contribution in [0.15, 0.2) is 48.5 Å². The molecule has 462 valence electrons. The van der Waals surface area contributed by atoms with Gasteiger partial charge in [-0.15, -0.1) is 22.1 Å². The molecule has 5 heterocycles. The van der Waals surface area contributed by atoms with Crippen molar-refractivity contribution in [3.63, 3.8) is 0 Å². The predicted octanol–water partition coefficient (Wildman–Crippen LogP) is 21.6. The van der Waals surface area contributed by atoms with E-state index in [-0.39, 0.29) is 26.9 Å². The van der Waals surface area contributed by atoms with E-state index in [1.165, 1.54) is 176 Å². The Kier molecular flexibility index (Phi) is 11.2. The molecule has 6 heteroatoms. The van der Waals surface area contributed by atoms with Crippen LogP contribution in [0.4, 0.5) is 0 Å². The maximum Gasteiger partial charge on any atom is 3.00 e. The predicted molar refractivity (Wildman–Crippen MR) is 368 cm³/mol. The van der Waals surface area contributed by atoms with E-state index in [9.17, 15) is 0 Å². The van der Waals surface area contributed by atoms with Crippen LogP contribution in [0.25, 0.3) is 90.9 Å². The zero-order valence-corrected chi connectivity index (χ0v) is 55.3. The SMILES string of the molecule is C1=Cc2nc1c(-c1c3c(cc4c1[C@H]1CC[C@@H]4C1)[C@@H]1CC[C@H]3C1)c1ccc([n-]1)c(-c1c3c(cc4c1[C@H]1CC[C@@H]4C1)[C@@H]1CC[C@H]3C1)c1nc(c(-c3c4c(cc5c3[C@H]3CC[C@@H]5C3)[C@@H]3CC[C@H]4C3)c3ccc([n-]3)c2-c2c3c(cc4c2[C@H]2CC[C@@H]4C2)[C@@H]2CC[C@H]3C2)C=C1.CO.[CH3-].[Rh+3]. The number of hydrogen-bond donors (Lipinski definition) is 1. The summed E-state index contributed by atoms with van der Waals surface area (Å²) in [7, 11) is 1.00. The second-order valence-electron chi connectivity index (χ2n) is 33.0. The van der Waals surface area contributed by atoms with Gasteiger partial charge in [-0.3, -0.25) is 0 Å². The maximum atomic E-state index is 7.00. The number of rotatable bonds is 4. The van der Waals surface area contributed by atoms with E-state index in [0.29, 0.717) is 94.7 Å². The largest absolute Gasteiger partial charge is 3.00 e. The first-order valence-electron chi connectivity index (χ1n) is 36.9. The van der Waals surface area contributed by atoms with E-state index < -0.39 is 0 Å². The van der Waals surface area contributed by atoms with Gasteiger partial charge in [-0.05, 0) is 407 Å². The van der Waals surface area contributed by atoms with Gasteiger partial charge >= 0.3 is 19.5 Å². The third-order valence-electron chi connectivity index (χ3n) is 29.7. The Morgan fingerprint density at radius 1 is 0.261 bits per heavy atom. The Labute approximate surface area is 555 Å². The molecule has 2 aliphatic heterocycles. The van der Waals surface area contributed by atoms with Crippen LogP contribution in [-0.4, -0.2) is 22.2 Å². The zero-order valence-electron chi connectivity index (χ0n) is 53.7. The van der Waals surface area contributed by atoms with Crippen molar-refractivity contribution in [3.05, 3.63) is 168 Å². The molecule has 3 aromatic heterocycles. The first-order chi connectivity index (χ1) is 44.5. The van der Waals surface area contributed by atoms with E-state index >= 15 is 0 Å². The van der Waals surface area contributed by atoms with Crippen LogP contribution in [-0.2, 0) is 19.5 Å². The molecule has 4 aromatic carbocycles. The summed E-state index contributed by atoms with van der Waals surface area (Å²) in [6, 6.07) is 21.2. The molecule has 7 aromatic rings. The molecular formula is C86H83N4ORh. The molecule has 1 N–H and O–H groups in total. The molecule has 25 rings (SSSR count). The van der Waals surface area contributed by atoms with Crippen LogP contribution >= 0.6 is 0 Å². The van der Waals surface area contributed by atoms with Gasteiger partial charge in [0.15, 0.2) is 0 Å². The van der Waals surface area contributed by atoms with Gasteiger partial charge in [0.1, 0.15) is 0 Å². The van der Waals surface area contributed by atoms with E-state index in [1.807, 2.05) is 0 Å². The van der Waals surface area contributed by atoms with Crippen LogP contribution in [0.2, 0.25) is 0 Å². The maximum absolute atomic E-state index is 7.00. The normalized spacial score (nSPS) is 33.1. The van der Waals surface area contributed by atoms with Crippen molar-refractivity contribution in [1.29, 1.82) is 0 Å². The summed E-state index contributed by atoms with van der Waals surface area (Å²) in [6.45, 7) is 0. The molecule has 0 unspecified atom stereocenters. The monoisotopic (exact) mass is 1290 g/mol. The van der Waals surface area contributed by atoms with Crippen LogP contribution in [0.5, 0.6) is 0 Å². The third-order valence-corrected chi connectivity index (χ3v) is 29.7. The molecular weight excluding hydrogens is 1210 g/mol. The fourth-order valence-electron chi connectivity index (χ4n) is 26.6. The van der Waals surface area contributed by atoms with Crippen LogP contribution < -0.4 is 9.97 Å². The van der Waals surface area contributed by atoms with E-state index in [1.54, 1.807) is 111 Å². The second-order valence-corrected chi connectivity index (χ2v) is 33.0. The molecule has 0 radical (unpaired) electrons. The number of aliphatic hydroxyl groups is 1. The molecule has 16 aliphatic carbocycles. The fourth-order valence-corrected chi connectivity index (χ4v) is 26.6. The summed E-state index contributed by atoms with van der Waals surface area (Å²) in [5.41, 5.74) is 47.9. The van der Waals surface area contributed by atoms with Crippen molar-refractivity contribution in [2.75, 3.05) is 7.11 Å². The Bertz CT molecular complexity index is 4050. The van der Waals surface area contributed by atoms with Crippen LogP contribution in [0.1, 0.15) is 361 Å². The number of nitrogens with zero attached hydrogens (tertiary/aromatic N) is 4. The molecule has 0 spiro atoms. The molecule has 8 saturated carbocycles. The Morgan fingerprint density at radius 3 is 0.598 bits per heavy atom. The van der Waals surface area contributed by atoms with E-state index in [2.05, 4.69) is 72.8 Å². The van der Waals surface area contributed by atoms with Crippen LogP contribution in [0.3, 0.4) is 0 Å². The Balaban J connectivity index is 0.00000138. The van der Waals surface area contributed by atoms with Gasteiger partial charge in [-0.1, -0.05) is 48.5 Å². The number of aliphatic hydroxyl groups excluding tert-OH is 1. The fraction of sp³-hybridized carbons (Fsp3) is 0.477. The Hall–Kier alpha value is -5.94. The topological polar surface area (TPSA) is 74.2 Å². The minimum atomic E-state index is 0. The van der Waals surface area contributed by atoms with Crippen LogP contribution in [0, 0.1) is 7.43 Å². The van der Waals surface area contributed by atoms with Gasteiger partial charge in [0.05, 0.1) is 22.8 Å². The van der Waals surface area contributed by atoms with Crippen molar-refractivity contribution < 1.29 is 24.6 Å². The third kappa shape index (κ3) is 6.71. The van der Waals surface area contributed by atoms with Gasteiger partial charge in [0, 0.05) is 7.11 Å². The summed E-state index contributed by atoms with van der Waals surface area (Å²) >= 11 is 0. The molecule has 8 fully saturated rings. The molecule has 5 nitrogen and oxygen atoms in total. The molecule has 24 bridgehead atoms. The summed E-state index contributed by atoms with van der Waals surface area (Å²) < 4.78 is 0. The minimum absolute atomic E-state index is 0. The number of fused-ring (bicyclic) bond motifs is 48. The van der Waals surface area contributed by atoms with E-state index in [0.717, 1.165) is 52.0 Å². The Morgan fingerprint density at radius 2 is 0.424 bits per heavy atom. The van der Waals surface area contributed by atoms with Gasteiger partial charge in [0.2, 0.25) is 0 Å². The number of aromatic nitrogens is 4. The van der Waals surface area contributed by atoms with Gasteiger partial charge < -0.3 is 22.5 Å². The second kappa shape index (κ2) is 19.0. The first-order valence-corrected chi connectivity index (χ1v) is 36.9. The summed E-state index contributed by atoms with van der Waals surface area (Å²) in [5, 5.41) is 7.00. The molecule has 16 atom stereocenters. The summed E-state index contributed by atoms with van der Waals surface area (Å²) in [4.78, 5) is 25.4. The molecule has 92 heavy (non-hydrogen) atoms. The standard InChI is InChI=1S/C84H76N4.CH4O.CH3.Rh/c1-9-45-25-37(1)53-33-54-38-2-10-46(26-38)70(54)81(69(45)53)77-61-17-19-63(85-61)78(82-71-47-11-3-39(27-47)55(71)34-56-40-4-12-48(28-40)72(56)82)65-21-23-67(87-65)80(84-75-51-15-7-43(31-51)59(75)36-60-44-8-16-52(32-44)76(60)84)68-24-22-66(88-68)79(64-20-18-62(77)86-64)83-73-49-13-5-41(29-49)57(73)35-58-42-6-14-50(30-42)74(58)83;1-2;;/h17-24,33-52H,1-16,25-32H2;2H,1H3;1H3;/q-2;;-1;+3/t37-,38-,39-,40-,41-,42-,43-,44-,45+,46+,47+,48+,49+,50+,51+,52+;;;/m1.../s1. The molecule has 18 aliphatic rings. The van der Waals surface area contributed by atoms with Gasteiger partial charge in [-0.25, -0.2) is 9.97 Å². The average Bonchev–Trinajstić information content (AvgIpc) is 1.54. The quantitative estimate of drug-likeness (QED) is 0.140. The first kappa shape index (κ1) is 54.3.